The number of nitrogens with zero attached hydrogens (tertiary/aromatic N) is 3. The molecule has 1 saturated heterocycles. The van der Waals surface area contributed by atoms with Gasteiger partial charge in [-0.3, -0.25) is 9.59 Å². The van der Waals surface area contributed by atoms with Crippen molar-refractivity contribution in [3.05, 3.63) is 28.5 Å². The van der Waals surface area contributed by atoms with Crippen molar-refractivity contribution in [3.63, 3.8) is 0 Å². The molecule has 1 N–H and O–H groups in total. The number of nitrogens with one attached hydrogen (secondary N) is 1. The van der Waals surface area contributed by atoms with Crippen molar-refractivity contribution in [1.29, 1.82) is 0 Å². The molecule has 2 aromatic rings. The average molecular weight is 439 g/mol. The van der Waals surface area contributed by atoms with Gasteiger partial charge in [0.05, 0.1) is 9.88 Å². The Bertz CT molecular complexity index is 1030. The molecule has 0 aromatic carbocycles. The van der Waals surface area contributed by atoms with Crippen LogP contribution in [0.5, 0.6) is 0 Å². The predicted octanol–water partition coefficient (Wildman–Crippen LogP) is 1.85. The van der Waals surface area contributed by atoms with Gasteiger partial charge in [0.15, 0.2) is 5.76 Å². The molecule has 1 aliphatic heterocycles. The summed E-state index contributed by atoms with van der Waals surface area (Å²) in [4.78, 5) is 26.9. The molecule has 2 aromatic heterocycles. The quantitative estimate of drug-likeness (QED) is 0.762. The molecule has 3 heterocycles. The molecular weight excluding hydrogens is 416 g/mol. The minimum atomic E-state index is -3.71. The van der Waals surface area contributed by atoms with Gasteiger partial charge in [-0.15, -0.1) is 11.3 Å². The average Bonchev–Trinajstić information content (AvgIpc) is 3.36. The van der Waals surface area contributed by atoms with E-state index in [4.69, 9.17) is 4.52 Å². The summed E-state index contributed by atoms with van der Waals surface area (Å²) in [6.45, 7) is 4.17. The predicted molar refractivity (Wildman–Crippen MR) is 106 cm³/mol. The Morgan fingerprint density at radius 1 is 1.17 bits per heavy atom. The largest absolute Gasteiger partial charge is 0.360 e. The maximum absolute atomic E-state index is 12.9. The molecule has 0 radical (unpaired) electrons. The normalized spacial score (nSPS) is 18.1. The third-order valence-electron chi connectivity index (χ3n) is 5.10. The minimum Gasteiger partial charge on any atom is -0.360 e. The first kappa shape index (κ1) is 20.0. The zero-order valence-electron chi connectivity index (χ0n) is 16.2. The van der Waals surface area contributed by atoms with Gasteiger partial charge < -0.3 is 14.7 Å². The summed E-state index contributed by atoms with van der Waals surface area (Å²) in [5.74, 6) is 0.213. The van der Waals surface area contributed by atoms with Gasteiger partial charge >= 0.3 is 0 Å². The van der Waals surface area contributed by atoms with Crippen molar-refractivity contribution in [3.8, 4) is 0 Å². The van der Waals surface area contributed by atoms with Gasteiger partial charge in [0, 0.05) is 32.1 Å². The second-order valence-electron chi connectivity index (χ2n) is 7.28. The molecule has 1 aliphatic carbocycles. The van der Waals surface area contributed by atoms with Crippen molar-refractivity contribution in [2.45, 2.75) is 31.6 Å². The minimum absolute atomic E-state index is 0.00370. The number of carbonyl (C=O) groups is 2. The lowest BCUT2D eigenvalue weighted by Crippen LogP contribution is -2.50. The van der Waals surface area contributed by atoms with Crippen LogP contribution in [0.3, 0.4) is 0 Å². The van der Waals surface area contributed by atoms with E-state index in [2.05, 4.69) is 10.5 Å². The van der Waals surface area contributed by atoms with E-state index in [1.807, 2.05) is 0 Å². The van der Waals surface area contributed by atoms with Crippen LogP contribution in [0.2, 0.25) is 0 Å². The molecule has 11 heteroatoms. The summed E-state index contributed by atoms with van der Waals surface area (Å²) in [5, 5.41) is 7.22. The Labute approximate surface area is 172 Å². The van der Waals surface area contributed by atoms with Crippen molar-refractivity contribution in [2.75, 3.05) is 31.5 Å². The van der Waals surface area contributed by atoms with E-state index in [1.165, 1.54) is 15.6 Å². The van der Waals surface area contributed by atoms with E-state index >= 15 is 0 Å². The van der Waals surface area contributed by atoms with Gasteiger partial charge in [-0.05, 0) is 38.8 Å². The number of thiophene rings is 1. The Morgan fingerprint density at radius 2 is 1.86 bits per heavy atom. The summed E-state index contributed by atoms with van der Waals surface area (Å²) < 4.78 is 32.1. The number of hydrogen-bond acceptors (Lipinski definition) is 7. The SMILES string of the molecule is Cc1noc(C)c1S(=O)(=O)N1CCN(C(=O)c2ccc(NC(=O)C3CC3)s2)CC1. The van der Waals surface area contributed by atoms with E-state index in [0.717, 1.165) is 12.8 Å². The summed E-state index contributed by atoms with van der Waals surface area (Å²) in [6.07, 6.45) is 1.84. The van der Waals surface area contributed by atoms with Crippen molar-refractivity contribution in [1.82, 2.24) is 14.4 Å². The Balaban J connectivity index is 1.39. The molecule has 9 nitrogen and oxygen atoms in total. The van der Waals surface area contributed by atoms with E-state index < -0.39 is 10.0 Å². The van der Waals surface area contributed by atoms with Gasteiger partial charge in [-0.2, -0.15) is 4.31 Å². The third-order valence-corrected chi connectivity index (χ3v) is 8.24. The number of rotatable bonds is 5. The number of anilines is 1. The number of hydrogen-bond donors (Lipinski definition) is 1. The maximum Gasteiger partial charge on any atom is 0.264 e. The van der Waals surface area contributed by atoms with Crippen LogP contribution in [0, 0.1) is 19.8 Å². The summed E-state index contributed by atoms with van der Waals surface area (Å²) in [6, 6.07) is 3.43. The number of aryl methyl sites for hydroxylation is 2. The van der Waals surface area contributed by atoms with Crippen LogP contribution < -0.4 is 5.32 Å². The molecule has 1 saturated carbocycles. The van der Waals surface area contributed by atoms with Gasteiger partial charge in [-0.1, -0.05) is 5.16 Å². The monoisotopic (exact) mass is 438 g/mol. The molecule has 4 rings (SSSR count). The van der Waals surface area contributed by atoms with Crippen LogP contribution >= 0.6 is 11.3 Å². The smallest absolute Gasteiger partial charge is 0.264 e. The van der Waals surface area contributed by atoms with E-state index in [0.29, 0.717) is 28.7 Å². The van der Waals surface area contributed by atoms with Crippen molar-refractivity contribution in [2.24, 2.45) is 5.92 Å². The lowest BCUT2D eigenvalue weighted by molar-refractivity contribution is -0.117. The van der Waals surface area contributed by atoms with Crippen molar-refractivity contribution >= 4 is 38.2 Å². The fourth-order valence-corrected chi connectivity index (χ4v) is 5.94. The topological polar surface area (TPSA) is 113 Å². The van der Waals surface area contributed by atoms with Crippen LogP contribution in [0.4, 0.5) is 5.00 Å². The van der Waals surface area contributed by atoms with Gasteiger partial charge in [0.1, 0.15) is 10.6 Å². The third kappa shape index (κ3) is 3.94. The standard InChI is InChI=1S/C18H22N4O5S2/c1-11-16(12(2)27-20-11)29(25,26)22-9-7-21(8-10-22)18(24)14-5-6-15(28-14)19-17(23)13-3-4-13/h5-6,13H,3-4,7-10H2,1-2H3,(H,19,23). The molecule has 0 unspecified atom stereocenters. The second-order valence-corrected chi connectivity index (χ2v) is 10.2. The molecule has 2 fully saturated rings. The van der Waals surface area contributed by atoms with Crippen LogP contribution in [0.25, 0.3) is 0 Å². The second kappa shape index (κ2) is 7.54. The lowest BCUT2D eigenvalue weighted by atomic mass is 10.3. The molecule has 2 amide bonds. The number of piperazine rings is 1. The maximum atomic E-state index is 12.9. The number of sulfonamides is 1. The number of aromatic nitrogens is 1. The Hall–Kier alpha value is -2.24. The van der Waals surface area contributed by atoms with Crippen LogP contribution in [0.15, 0.2) is 21.6 Å². The molecule has 2 aliphatic rings. The molecule has 0 bridgehead atoms. The highest BCUT2D eigenvalue weighted by Gasteiger charge is 2.35. The Morgan fingerprint density at radius 3 is 2.45 bits per heavy atom. The lowest BCUT2D eigenvalue weighted by Gasteiger charge is -2.33. The molecule has 0 atom stereocenters. The van der Waals surface area contributed by atoms with Gasteiger partial charge in [0.2, 0.25) is 15.9 Å². The first-order chi connectivity index (χ1) is 13.8. The first-order valence-electron chi connectivity index (χ1n) is 9.40. The van der Waals surface area contributed by atoms with E-state index in [1.54, 1.807) is 30.9 Å². The molecule has 29 heavy (non-hydrogen) atoms. The summed E-state index contributed by atoms with van der Waals surface area (Å²) in [7, 11) is -3.71. The molecule has 0 spiro atoms. The fraction of sp³-hybridized carbons (Fsp3) is 0.500. The summed E-state index contributed by atoms with van der Waals surface area (Å²) >= 11 is 1.24. The van der Waals surface area contributed by atoms with E-state index in [-0.39, 0.29) is 41.5 Å². The van der Waals surface area contributed by atoms with E-state index in [9.17, 15) is 18.0 Å². The highest BCUT2D eigenvalue weighted by atomic mass is 32.2. The van der Waals surface area contributed by atoms with Crippen LogP contribution in [-0.2, 0) is 14.8 Å². The highest BCUT2D eigenvalue weighted by Crippen LogP contribution is 2.32. The fourth-order valence-electron chi connectivity index (χ4n) is 3.35. The summed E-state index contributed by atoms with van der Waals surface area (Å²) in [5.41, 5.74) is 0.334. The molecular formula is C18H22N4O5S2. The zero-order valence-corrected chi connectivity index (χ0v) is 17.8. The number of carbonyl (C=O) groups excluding carboxylic acids is 2. The zero-order chi connectivity index (χ0) is 20.8. The van der Waals surface area contributed by atoms with Crippen molar-refractivity contribution < 1.29 is 22.5 Å². The van der Waals surface area contributed by atoms with Crippen LogP contribution in [0.1, 0.15) is 34.0 Å². The number of amides is 2. The van der Waals surface area contributed by atoms with Crippen LogP contribution in [-0.4, -0.2) is 60.8 Å². The van der Waals surface area contributed by atoms with Gasteiger partial charge in [0.25, 0.3) is 5.91 Å². The Kier molecular flexibility index (Phi) is 5.21. The highest BCUT2D eigenvalue weighted by molar-refractivity contribution is 7.89. The van der Waals surface area contributed by atoms with Gasteiger partial charge in [-0.25, -0.2) is 8.42 Å². The first-order valence-corrected chi connectivity index (χ1v) is 11.7. The molecule has 156 valence electrons.